The second kappa shape index (κ2) is 4.02. The Morgan fingerprint density at radius 2 is 2.53 bits per heavy atom. The molecular weight excluding hydrogens is 192 g/mol. The van der Waals surface area contributed by atoms with E-state index in [0.29, 0.717) is 5.69 Å². The van der Waals surface area contributed by atoms with Gasteiger partial charge in [0.25, 0.3) is 5.91 Å². The number of carbonyl (C=O) groups is 1. The SMILES string of the molecule is Cc1cc(C(=O)NC2CCNC2)n(C)n1. The quantitative estimate of drug-likeness (QED) is 0.709. The van der Waals surface area contributed by atoms with E-state index in [2.05, 4.69) is 15.7 Å². The van der Waals surface area contributed by atoms with Crippen LogP contribution in [0.3, 0.4) is 0 Å². The summed E-state index contributed by atoms with van der Waals surface area (Å²) in [6.07, 6.45) is 1.00. The predicted octanol–water partition coefficient (Wildman–Crippen LogP) is -0.180. The van der Waals surface area contributed by atoms with Gasteiger partial charge in [-0.3, -0.25) is 9.48 Å². The third-order valence-electron chi connectivity index (χ3n) is 2.63. The molecule has 15 heavy (non-hydrogen) atoms. The van der Waals surface area contributed by atoms with Crippen LogP contribution in [-0.4, -0.2) is 34.8 Å². The molecule has 1 aliphatic rings. The van der Waals surface area contributed by atoms with E-state index in [1.54, 1.807) is 17.8 Å². The Labute approximate surface area is 88.8 Å². The third kappa shape index (κ3) is 2.18. The molecule has 1 atom stereocenters. The van der Waals surface area contributed by atoms with Gasteiger partial charge in [0.2, 0.25) is 0 Å². The lowest BCUT2D eigenvalue weighted by atomic mass is 10.2. The summed E-state index contributed by atoms with van der Waals surface area (Å²) in [4.78, 5) is 11.8. The number of hydrogen-bond acceptors (Lipinski definition) is 3. The highest BCUT2D eigenvalue weighted by Crippen LogP contribution is 2.04. The van der Waals surface area contributed by atoms with Crippen molar-refractivity contribution in [3.05, 3.63) is 17.5 Å². The van der Waals surface area contributed by atoms with Gasteiger partial charge in [-0.25, -0.2) is 0 Å². The van der Waals surface area contributed by atoms with Gasteiger partial charge in [-0.15, -0.1) is 0 Å². The van der Waals surface area contributed by atoms with Gasteiger partial charge in [0.05, 0.1) is 5.69 Å². The minimum absolute atomic E-state index is 0.0354. The highest BCUT2D eigenvalue weighted by Gasteiger charge is 2.19. The lowest BCUT2D eigenvalue weighted by Crippen LogP contribution is -2.37. The minimum Gasteiger partial charge on any atom is -0.347 e. The number of rotatable bonds is 2. The average Bonchev–Trinajstić information content (AvgIpc) is 2.75. The first-order valence-corrected chi connectivity index (χ1v) is 5.19. The van der Waals surface area contributed by atoms with E-state index in [-0.39, 0.29) is 11.9 Å². The van der Waals surface area contributed by atoms with Gasteiger partial charge in [-0.1, -0.05) is 0 Å². The molecule has 1 fully saturated rings. The van der Waals surface area contributed by atoms with Crippen molar-refractivity contribution >= 4 is 5.91 Å². The van der Waals surface area contributed by atoms with Crippen molar-refractivity contribution in [3.8, 4) is 0 Å². The van der Waals surface area contributed by atoms with Crippen molar-refractivity contribution in [2.24, 2.45) is 7.05 Å². The van der Waals surface area contributed by atoms with Gasteiger partial charge in [0.1, 0.15) is 5.69 Å². The highest BCUT2D eigenvalue weighted by molar-refractivity contribution is 5.92. The molecule has 1 amide bonds. The Morgan fingerprint density at radius 3 is 3.07 bits per heavy atom. The molecule has 2 rings (SSSR count). The Balaban J connectivity index is 2.03. The van der Waals surface area contributed by atoms with E-state index in [4.69, 9.17) is 0 Å². The van der Waals surface area contributed by atoms with Crippen LogP contribution in [0.25, 0.3) is 0 Å². The van der Waals surface area contributed by atoms with E-state index in [9.17, 15) is 4.79 Å². The summed E-state index contributed by atoms with van der Waals surface area (Å²) >= 11 is 0. The lowest BCUT2D eigenvalue weighted by molar-refractivity contribution is 0.0930. The van der Waals surface area contributed by atoms with Gasteiger partial charge < -0.3 is 10.6 Å². The van der Waals surface area contributed by atoms with Crippen LogP contribution >= 0.6 is 0 Å². The molecule has 5 heteroatoms. The molecule has 2 heterocycles. The summed E-state index contributed by atoms with van der Waals surface area (Å²) < 4.78 is 1.62. The van der Waals surface area contributed by atoms with E-state index >= 15 is 0 Å². The molecule has 0 aromatic carbocycles. The van der Waals surface area contributed by atoms with Crippen LogP contribution in [0.4, 0.5) is 0 Å². The molecule has 1 aromatic rings. The molecule has 5 nitrogen and oxygen atoms in total. The summed E-state index contributed by atoms with van der Waals surface area (Å²) in [5.74, 6) is -0.0354. The first-order chi connectivity index (χ1) is 7.16. The number of aryl methyl sites for hydroxylation is 2. The fourth-order valence-electron chi connectivity index (χ4n) is 1.86. The molecule has 0 radical (unpaired) electrons. The molecule has 0 bridgehead atoms. The fourth-order valence-corrected chi connectivity index (χ4v) is 1.86. The standard InChI is InChI=1S/C10H16N4O/c1-7-5-9(14(2)13-7)10(15)12-8-3-4-11-6-8/h5,8,11H,3-4,6H2,1-2H3,(H,12,15). The van der Waals surface area contributed by atoms with E-state index in [0.717, 1.165) is 25.2 Å². The van der Waals surface area contributed by atoms with Crippen LogP contribution < -0.4 is 10.6 Å². The van der Waals surface area contributed by atoms with Crippen molar-refractivity contribution in [2.45, 2.75) is 19.4 Å². The maximum absolute atomic E-state index is 11.8. The molecule has 1 unspecified atom stereocenters. The molecule has 1 aromatic heterocycles. The Morgan fingerprint density at radius 1 is 1.73 bits per heavy atom. The van der Waals surface area contributed by atoms with Gasteiger partial charge in [-0.05, 0) is 26.0 Å². The Bertz CT molecular complexity index is 365. The van der Waals surface area contributed by atoms with Gasteiger partial charge in [-0.2, -0.15) is 5.10 Å². The second-order valence-corrected chi connectivity index (χ2v) is 3.96. The molecule has 0 aliphatic carbocycles. The Hall–Kier alpha value is -1.36. The number of amides is 1. The number of nitrogens with zero attached hydrogens (tertiary/aromatic N) is 2. The first-order valence-electron chi connectivity index (χ1n) is 5.19. The largest absolute Gasteiger partial charge is 0.347 e. The number of carbonyl (C=O) groups excluding carboxylic acids is 1. The lowest BCUT2D eigenvalue weighted by Gasteiger charge is -2.10. The summed E-state index contributed by atoms with van der Waals surface area (Å²) in [6, 6.07) is 2.06. The first kappa shape index (κ1) is 10.2. The van der Waals surface area contributed by atoms with Crippen LogP contribution in [0.1, 0.15) is 22.6 Å². The van der Waals surface area contributed by atoms with Crippen LogP contribution in [0.2, 0.25) is 0 Å². The van der Waals surface area contributed by atoms with Crippen molar-refractivity contribution in [3.63, 3.8) is 0 Å². The summed E-state index contributed by atoms with van der Waals surface area (Å²) in [6.45, 7) is 3.73. The van der Waals surface area contributed by atoms with Crippen LogP contribution in [0, 0.1) is 6.92 Å². The zero-order valence-corrected chi connectivity index (χ0v) is 9.08. The topological polar surface area (TPSA) is 59.0 Å². The molecular formula is C10H16N4O. The van der Waals surface area contributed by atoms with Gasteiger partial charge in [0.15, 0.2) is 0 Å². The Kier molecular flexibility index (Phi) is 2.73. The normalized spacial score (nSPS) is 20.5. The molecule has 0 saturated carbocycles. The minimum atomic E-state index is -0.0354. The van der Waals surface area contributed by atoms with E-state index in [1.165, 1.54) is 0 Å². The summed E-state index contributed by atoms with van der Waals surface area (Å²) in [7, 11) is 1.79. The van der Waals surface area contributed by atoms with Gasteiger partial charge in [0, 0.05) is 19.6 Å². The van der Waals surface area contributed by atoms with Crippen LogP contribution in [0.5, 0.6) is 0 Å². The number of aromatic nitrogens is 2. The van der Waals surface area contributed by atoms with E-state index < -0.39 is 0 Å². The fraction of sp³-hybridized carbons (Fsp3) is 0.600. The van der Waals surface area contributed by atoms with Crippen molar-refractivity contribution < 1.29 is 4.79 Å². The van der Waals surface area contributed by atoms with Crippen molar-refractivity contribution in [1.82, 2.24) is 20.4 Å². The molecule has 1 aliphatic heterocycles. The summed E-state index contributed by atoms with van der Waals surface area (Å²) in [5, 5.41) is 10.3. The summed E-state index contributed by atoms with van der Waals surface area (Å²) in [5.41, 5.74) is 1.49. The maximum Gasteiger partial charge on any atom is 0.269 e. The number of hydrogen-bond donors (Lipinski definition) is 2. The smallest absolute Gasteiger partial charge is 0.269 e. The highest BCUT2D eigenvalue weighted by atomic mass is 16.2. The third-order valence-corrected chi connectivity index (χ3v) is 2.63. The molecule has 1 saturated heterocycles. The monoisotopic (exact) mass is 208 g/mol. The molecule has 0 spiro atoms. The van der Waals surface area contributed by atoms with Crippen molar-refractivity contribution in [1.29, 1.82) is 0 Å². The van der Waals surface area contributed by atoms with Crippen molar-refractivity contribution in [2.75, 3.05) is 13.1 Å². The average molecular weight is 208 g/mol. The molecule has 82 valence electrons. The second-order valence-electron chi connectivity index (χ2n) is 3.96. The van der Waals surface area contributed by atoms with Crippen LogP contribution in [0.15, 0.2) is 6.07 Å². The maximum atomic E-state index is 11.8. The predicted molar refractivity (Wildman–Crippen MR) is 56.7 cm³/mol. The van der Waals surface area contributed by atoms with Crippen LogP contribution in [-0.2, 0) is 7.05 Å². The zero-order valence-electron chi connectivity index (χ0n) is 9.08. The zero-order chi connectivity index (χ0) is 10.8. The van der Waals surface area contributed by atoms with E-state index in [1.807, 2.05) is 6.92 Å². The molecule has 2 N–H and O–H groups in total. The van der Waals surface area contributed by atoms with Gasteiger partial charge >= 0.3 is 0 Å². The number of nitrogens with one attached hydrogen (secondary N) is 2.